The second-order valence-corrected chi connectivity index (χ2v) is 9.21. The Morgan fingerprint density at radius 3 is 1.68 bits per heavy atom. The molecule has 2 rings (SSSR count). The summed E-state index contributed by atoms with van der Waals surface area (Å²) in [7, 11) is 0. The SMILES string of the molecule is CC(C)(C)c1cc(-c2ccc(Cl)cc2Br)cc(C(C)(C)C)c1. The fraction of sp³-hybridized carbons (Fsp3) is 0.400. The molecule has 0 aliphatic rings. The summed E-state index contributed by atoms with van der Waals surface area (Å²) < 4.78 is 1.03. The van der Waals surface area contributed by atoms with Gasteiger partial charge < -0.3 is 0 Å². The topological polar surface area (TPSA) is 0 Å². The van der Waals surface area contributed by atoms with Gasteiger partial charge in [-0.3, -0.25) is 0 Å². The molecule has 0 bridgehead atoms. The van der Waals surface area contributed by atoms with E-state index in [4.69, 9.17) is 11.6 Å². The van der Waals surface area contributed by atoms with Gasteiger partial charge in [-0.05, 0) is 45.2 Å². The molecular formula is C20H24BrCl. The predicted octanol–water partition coefficient (Wildman–Crippen LogP) is 7.36. The third-order valence-electron chi connectivity index (χ3n) is 3.91. The first-order valence-electron chi connectivity index (χ1n) is 7.60. The van der Waals surface area contributed by atoms with Crippen LogP contribution in [0.25, 0.3) is 11.1 Å². The lowest BCUT2D eigenvalue weighted by atomic mass is 9.79. The maximum Gasteiger partial charge on any atom is 0.0417 e. The maximum absolute atomic E-state index is 6.08. The Morgan fingerprint density at radius 1 is 0.773 bits per heavy atom. The Bertz CT molecular complexity index is 656. The van der Waals surface area contributed by atoms with Gasteiger partial charge in [0.25, 0.3) is 0 Å². The Kier molecular flexibility index (Phi) is 4.80. The highest BCUT2D eigenvalue weighted by Crippen LogP contribution is 2.37. The van der Waals surface area contributed by atoms with Crippen LogP contribution < -0.4 is 0 Å². The van der Waals surface area contributed by atoms with Crippen molar-refractivity contribution < 1.29 is 0 Å². The maximum atomic E-state index is 6.08. The number of hydrogen-bond acceptors (Lipinski definition) is 0. The van der Waals surface area contributed by atoms with Crippen LogP contribution in [-0.4, -0.2) is 0 Å². The molecule has 0 amide bonds. The van der Waals surface area contributed by atoms with Gasteiger partial charge in [-0.15, -0.1) is 0 Å². The van der Waals surface area contributed by atoms with Crippen LogP contribution in [0, 0.1) is 0 Å². The zero-order chi connectivity index (χ0) is 16.7. The summed E-state index contributed by atoms with van der Waals surface area (Å²) in [6, 6.07) is 12.9. The van der Waals surface area contributed by atoms with Crippen LogP contribution in [0.4, 0.5) is 0 Å². The predicted molar refractivity (Wildman–Crippen MR) is 102 cm³/mol. The van der Waals surface area contributed by atoms with Gasteiger partial charge in [-0.25, -0.2) is 0 Å². The normalized spacial score (nSPS) is 12.5. The zero-order valence-electron chi connectivity index (χ0n) is 14.2. The molecular weight excluding hydrogens is 356 g/mol. The Balaban J connectivity index is 2.70. The summed E-state index contributed by atoms with van der Waals surface area (Å²) in [5, 5.41) is 0.749. The van der Waals surface area contributed by atoms with Gasteiger partial charge in [0.1, 0.15) is 0 Å². The van der Waals surface area contributed by atoms with Crippen molar-refractivity contribution in [2.24, 2.45) is 0 Å². The van der Waals surface area contributed by atoms with Crippen LogP contribution in [0.15, 0.2) is 40.9 Å². The highest BCUT2D eigenvalue weighted by Gasteiger charge is 2.21. The smallest absolute Gasteiger partial charge is 0.0417 e. The van der Waals surface area contributed by atoms with E-state index in [1.54, 1.807) is 0 Å². The van der Waals surface area contributed by atoms with Crippen LogP contribution in [0.5, 0.6) is 0 Å². The van der Waals surface area contributed by atoms with Gasteiger partial charge in [0.2, 0.25) is 0 Å². The monoisotopic (exact) mass is 378 g/mol. The molecule has 0 saturated heterocycles. The molecule has 0 aromatic heterocycles. The number of hydrogen-bond donors (Lipinski definition) is 0. The molecule has 118 valence electrons. The first-order valence-corrected chi connectivity index (χ1v) is 8.77. The number of benzene rings is 2. The van der Waals surface area contributed by atoms with Crippen LogP contribution in [0.2, 0.25) is 5.02 Å². The summed E-state index contributed by atoms with van der Waals surface area (Å²) in [4.78, 5) is 0. The molecule has 0 aliphatic heterocycles. The van der Waals surface area contributed by atoms with Crippen LogP contribution in [0.3, 0.4) is 0 Å². The minimum atomic E-state index is 0.120. The van der Waals surface area contributed by atoms with Crippen molar-refractivity contribution >= 4 is 27.5 Å². The second kappa shape index (κ2) is 6.02. The summed E-state index contributed by atoms with van der Waals surface area (Å²) in [6.45, 7) is 13.6. The lowest BCUT2D eigenvalue weighted by Crippen LogP contribution is -2.16. The molecule has 0 radical (unpaired) electrons. The van der Waals surface area contributed by atoms with Crippen molar-refractivity contribution in [1.82, 2.24) is 0 Å². The van der Waals surface area contributed by atoms with E-state index in [0.29, 0.717) is 0 Å². The van der Waals surface area contributed by atoms with Gasteiger partial charge in [-0.1, -0.05) is 93.3 Å². The molecule has 0 heterocycles. The highest BCUT2D eigenvalue weighted by molar-refractivity contribution is 9.10. The fourth-order valence-electron chi connectivity index (χ4n) is 2.37. The van der Waals surface area contributed by atoms with E-state index in [2.05, 4.69) is 81.7 Å². The van der Waals surface area contributed by atoms with E-state index in [0.717, 1.165) is 9.50 Å². The van der Waals surface area contributed by atoms with Gasteiger partial charge in [0.05, 0.1) is 0 Å². The molecule has 0 fully saturated rings. The van der Waals surface area contributed by atoms with Crippen LogP contribution in [0.1, 0.15) is 52.7 Å². The number of rotatable bonds is 1. The van der Waals surface area contributed by atoms with Crippen LogP contribution >= 0.6 is 27.5 Å². The average Bonchev–Trinajstić information content (AvgIpc) is 2.36. The first kappa shape index (κ1) is 17.6. The quantitative estimate of drug-likeness (QED) is 0.485. The lowest BCUT2D eigenvalue weighted by Gasteiger charge is -2.26. The largest absolute Gasteiger partial charge is 0.0843 e. The second-order valence-electron chi connectivity index (χ2n) is 7.92. The van der Waals surface area contributed by atoms with E-state index in [1.807, 2.05) is 12.1 Å². The fourth-order valence-corrected chi connectivity index (χ4v) is 3.28. The lowest BCUT2D eigenvalue weighted by molar-refractivity contribution is 0.569. The third-order valence-corrected chi connectivity index (χ3v) is 4.80. The molecule has 2 aromatic carbocycles. The summed E-state index contributed by atoms with van der Waals surface area (Å²) in [5.74, 6) is 0. The molecule has 0 unspecified atom stereocenters. The highest BCUT2D eigenvalue weighted by atomic mass is 79.9. The minimum absolute atomic E-state index is 0.120. The molecule has 0 atom stereocenters. The van der Waals surface area contributed by atoms with Crippen molar-refractivity contribution in [3.8, 4) is 11.1 Å². The molecule has 0 aliphatic carbocycles. The zero-order valence-corrected chi connectivity index (χ0v) is 16.6. The first-order chi connectivity index (χ1) is 9.98. The molecule has 0 saturated carbocycles. The molecule has 2 aromatic rings. The van der Waals surface area contributed by atoms with E-state index in [-0.39, 0.29) is 10.8 Å². The van der Waals surface area contributed by atoms with Gasteiger partial charge >= 0.3 is 0 Å². The van der Waals surface area contributed by atoms with Gasteiger partial charge in [0, 0.05) is 9.50 Å². The van der Waals surface area contributed by atoms with Crippen LogP contribution in [-0.2, 0) is 10.8 Å². The van der Waals surface area contributed by atoms with Gasteiger partial charge in [-0.2, -0.15) is 0 Å². The van der Waals surface area contributed by atoms with Crippen molar-refractivity contribution in [2.45, 2.75) is 52.4 Å². The van der Waals surface area contributed by atoms with Crippen molar-refractivity contribution in [3.63, 3.8) is 0 Å². The molecule has 2 heteroatoms. The Morgan fingerprint density at radius 2 is 1.27 bits per heavy atom. The van der Waals surface area contributed by atoms with Crippen molar-refractivity contribution in [1.29, 1.82) is 0 Å². The summed E-state index contributed by atoms with van der Waals surface area (Å²) in [6.07, 6.45) is 0. The Hall–Kier alpha value is -0.790. The van der Waals surface area contributed by atoms with Crippen molar-refractivity contribution in [3.05, 3.63) is 57.0 Å². The van der Waals surface area contributed by atoms with E-state index in [9.17, 15) is 0 Å². The van der Waals surface area contributed by atoms with E-state index < -0.39 is 0 Å². The van der Waals surface area contributed by atoms with E-state index >= 15 is 0 Å². The molecule has 22 heavy (non-hydrogen) atoms. The molecule has 0 nitrogen and oxygen atoms in total. The van der Waals surface area contributed by atoms with Gasteiger partial charge in [0.15, 0.2) is 0 Å². The Labute approximate surface area is 148 Å². The average molecular weight is 380 g/mol. The van der Waals surface area contributed by atoms with E-state index in [1.165, 1.54) is 22.3 Å². The summed E-state index contributed by atoms with van der Waals surface area (Å²) in [5.41, 5.74) is 5.37. The molecule has 0 spiro atoms. The standard InChI is InChI=1S/C20H24BrCl/c1-19(2,3)14-9-13(10-15(11-14)20(4,5)6)17-8-7-16(22)12-18(17)21/h7-12H,1-6H3. The minimum Gasteiger partial charge on any atom is -0.0843 e. The third kappa shape index (κ3) is 3.94. The number of halogens is 2. The molecule has 0 N–H and O–H groups in total. The van der Waals surface area contributed by atoms with Crippen molar-refractivity contribution in [2.75, 3.05) is 0 Å². The summed E-state index contributed by atoms with van der Waals surface area (Å²) >= 11 is 9.73.